The molecule has 6 rings (SSSR count). The van der Waals surface area contributed by atoms with E-state index in [9.17, 15) is 0 Å². The van der Waals surface area contributed by atoms with Crippen LogP contribution >= 0.6 is 11.3 Å². The molecule has 2 N–H and O–H groups in total. The first kappa shape index (κ1) is 18.6. The van der Waals surface area contributed by atoms with E-state index >= 15 is 0 Å². The topological polar surface area (TPSA) is 58.0 Å². The van der Waals surface area contributed by atoms with Crippen LogP contribution in [0.3, 0.4) is 0 Å². The molecule has 0 aromatic carbocycles. The summed E-state index contributed by atoms with van der Waals surface area (Å²) in [7, 11) is 0. The predicted octanol–water partition coefficient (Wildman–Crippen LogP) is 5.95. The molecule has 1 spiro atoms. The molecule has 1 aliphatic heterocycles. The normalized spacial score (nSPS) is 20.4. The lowest BCUT2D eigenvalue weighted by Gasteiger charge is -2.56. The summed E-state index contributed by atoms with van der Waals surface area (Å²) >= 11 is 2.00. The van der Waals surface area contributed by atoms with Crippen molar-refractivity contribution in [3.63, 3.8) is 0 Å². The summed E-state index contributed by atoms with van der Waals surface area (Å²) in [6.45, 7) is 13.7. The Labute approximate surface area is 183 Å². The predicted molar refractivity (Wildman–Crippen MR) is 128 cm³/mol. The lowest BCUT2D eigenvalue weighted by Crippen LogP contribution is -2.61. The molecule has 1 saturated carbocycles. The number of thiophene rings is 1. The van der Waals surface area contributed by atoms with Crippen molar-refractivity contribution in [2.75, 3.05) is 13.1 Å². The number of hydrogen-bond donors (Lipinski definition) is 2. The van der Waals surface area contributed by atoms with Gasteiger partial charge in [0.05, 0.1) is 5.69 Å². The van der Waals surface area contributed by atoms with Gasteiger partial charge in [-0.05, 0) is 61.8 Å². The summed E-state index contributed by atoms with van der Waals surface area (Å²) in [6, 6.07) is 0. The van der Waals surface area contributed by atoms with E-state index < -0.39 is 0 Å². The highest BCUT2D eigenvalue weighted by Crippen LogP contribution is 2.58. The Morgan fingerprint density at radius 2 is 2.00 bits per heavy atom. The molecular weight excluding hydrogens is 390 g/mol. The molecule has 4 aromatic heterocycles. The average molecular weight is 424 g/mol. The third-order valence-electron chi connectivity index (χ3n) is 7.87. The van der Waals surface area contributed by atoms with Crippen LogP contribution in [0, 0.1) is 26.2 Å². The van der Waals surface area contributed by atoms with E-state index in [1.54, 1.807) is 11.2 Å². The SMILES string of the molecule is Cc1c(-c2[nH]c3sc(C4CCC45CNC5)c(C)c3c2C(C)C)cn2ncnc2c1C.[HH].[HH]. The van der Waals surface area contributed by atoms with Crippen LogP contribution in [-0.4, -0.2) is 32.7 Å². The van der Waals surface area contributed by atoms with E-state index in [-0.39, 0.29) is 2.85 Å². The zero-order valence-corrected chi connectivity index (χ0v) is 19.2. The average Bonchev–Trinajstić information content (AvgIpc) is 3.32. The molecule has 2 aliphatic rings. The van der Waals surface area contributed by atoms with Crippen molar-refractivity contribution < 1.29 is 2.85 Å². The Balaban J connectivity index is 0.00000122. The van der Waals surface area contributed by atoms with Crippen molar-refractivity contribution in [2.24, 2.45) is 5.41 Å². The third kappa shape index (κ3) is 2.26. The molecule has 0 amide bonds. The Hall–Kier alpha value is -2.18. The maximum atomic E-state index is 4.43. The number of hydrogen-bond acceptors (Lipinski definition) is 4. The van der Waals surface area contributed by atoms with Gasteiger partial charge in [0.1, 0.15) is 11.2 Å². The summed E-state index contributed by atoms with van der Waals surface area (Å²) in [5, 5.41) is 9.40. The van der Waals surface area contributed by atoms with Gasteiger partial charge >= 0.3 is 0 Å². The van der Waals surface area contributed by atoms with Crippen LogP contribution in [0.4, 0.5) is 0 Å². The highest BCUT2D eigenvalue weighted by Gasteiger charge is 2.52. The molecule has 0 bridgehead atoms. The van der Waals surface area contributed by atoms with Gasteiger partial charge in [-0.1, -0.05) is 13.8 Å². The van der Waals surface area contributed by atoms with Crippen LogP contribution in [0.1, 0.15) is 68.5 Å². The first-order valence-electron chi connectivity index (χ1n) is 11.1. The monoisotopic (exact) mass is 423 g/mol. The van der Waals surface area contributed by atoms with Gasteiger partial charge in [0.2, 0.25) is 0 Å². The molecule has 160 valence electrons. The Morgan fingerprint density at radius 3 is 2.63 bits per heavy atom. The van der Waals surface area contributed by atoms with Gasteiger partial charge in [0.25, 0.3) is 0 Å². The van der Waals surface area contributed by atoms with Gasteiger partial charge in [0.15, 0.2) is 5.65 Å². The lowest BCUT2D eigenvalue weighted by molar-refractivity contribution is 0.0269. The van der Waals surface area contributed by atoms with Crippen molar-refractivity contribution in [2.45, 2.75) is 59.3 Å². The molecule has 2 fully saturated rings. The van der Waals surface area contributed by atoms with E-state index in [1.807, 2.05) is 15.9 Å². The minimum Gasteiger partial charge on any atom is -0.346 e. The highest BCUT2D eigenvalue weighted by atomic mass is 32.1. The Bertz CT molecular complexity index is 1310. The van der Waals surface area contributed by atoms with Crippen molar-refractivity contribution >= 4 is 27.2 Å². The van der Waals surface area contributed by atoms with Crippen LogP contribution in [0.15, 0.2) is 12.5 Å². The van der Waals surface area contributed by atoms with E-state index in [2.05, 4.69) is 61.2 Å². The smallest absolute Gasteiger partial charge is 0.158 e. The molecule has 1 saturated heterocycles. The summed E-state index contributed by atoms with van der Waals surface area (Å²) < 4.78 is 1.91. The second-order valence-electron chi connectivity index (χ2n) is 9.74. The summed E-state index contributed by atoms with van der Waals surface area (Å²) in [5.74, 6) is 1.19. The van der Waals surface area contributed by atoms with Crippen molar-refractivity contribution in [3.8, 4) is 11.3 Å². The largest absolute Gasteiger partial charge is 0.346 e. The molecule has 0 radical (unpaired) electrons. The quantitative estimate of drug-likeness (QED) is 0.428. The van der Waals surface area contributed by atoms with Crippen molar-refractivity contribution in [3.05, 3.63) is 39.7 Å². The van der Waals surface area contributed by atoms with Crippen LogP contribution in [0.5, 0.6) is 0 Å². The third-order valence-corrected chi connectivity index (χ3v) is 9.20. The number of fused-ring (bicyclic) bond motifs is 2. The summed E-state index contributed by atoms with van der Waals surface area (Å²) in [4.78, 5) is 11.2. The van der Waals surface area contributed by atoms with E-state index in [0.717, 1.165) is 11.6 Å². The lowest BCUT2D eigenvalue weighted by atomic mass is 9.56. The Kier molecular flexibility index (Phi) is 3.82. The number of nitrogens with one attached hydrogen (secondary N) is 2. The number of aromatic nitrogens is 4. The maximum Gasteiger partial charge on any atom is 0.158 e. The van der Waals surface area contributed by atoms with Crippen LogP contribution in [0.25, 0.3) is 27.1 Å². The fraction of sp³-hybridized carbons (Fsp3) is 0.500. The molecule has 1 atom stereocenters. The van der Waals surface area contributed by atoms with E-state index in [1.165, 1.54) is 69.7 Å². The molecule has 5 nitrogen and oxygen atoms in total. The second kappa shape index (κ2) is 6.17. The molecule has 4 aromatic rings. The minimum absolute atomic E-state index is 0. The van der Waals surface area contributed by atoms with Crippen molar-refractivity contribution in [1.82, 2.24) is 24.9 Å². The van der Waals surface area contributed by atoms with Gasteiger partial charge in [-0.2, -0.15) is 5.10 Å². The van der Waals surface area contributed by atoms with Gasteiger partial charge < -0.3 is 10.3 Å². The van der Waals surface area contributed by atoms with Crippen molar-refractivity contribution in [1.29, 1.82) is 0 Å². The minimum atomic E-state index is 0. The molecule has 30 heavy (non-hydrogen) atoms. The summed E-state index contributed by atoms with van der Waals surface area (Å²) in [6.07, 6.45) is 6.51. The maximum absolute atomic E-state index is 4.43. The number of H-pyrrole nitrogens is 1. The van der Waals surface area contributed by atoms with Crippen LogP contribution in [0.2, 0.25) is 0 Å². The van der Waals surface area contributed by atoms with Crippen LogP contribution < -0.4 is 5.32 Å². The first-order chi connectivity index (χ1) is 14.4. The molecule has 1 aliphatic carbocycles. The first-order valence-corrected chi connectivity index (χ1v) is 11.9. The standard InChI is InChI=1S/C24H29N5S.2H2/c1-12(2)18-19-15(5)21(17-6-7-24(17)9-25-10-24)30-23(19)28-20(18)16-8-29-22(26-11-27-29)14(4)13(16)3;;/h8,11-12,17,25,28H,6-7,9-10H2,1-5H3;2*1H. The van der Waals surface area contributed by atoms with Gasteiger partial charge in [-0.3, -0.25) is 0 Å². The van der Waals surface area contributed by atoms with Gasteiger partial charge in [-0.25, -0.2) is 9.50 Å². The Morgan fingerprint density at radius 1 is 1.20 bits per heavy atom. The molecule has 5 heterocycles. The number of nitrogens with zero attached hydrogens (tertiary/aromatic N) is 3. The van der Waals surface area contributed by atoms with Gasteiger partial charge in [0, 0.05) is 49.3 Å². The fourth-order valence-corrected chi connectivity index (χ4v) is 7.30. The highest BCUT2D eigenvalue weighted by molar-refractivity contribution is 7.19. The van der Waals surface area contributed by atoms with Gasteiger partial charge in [-0.15, -0.1) is 11.3 Å². The molecule has 1 unspecified atom stereocenters. The number of aryl methyl sites for hydroxylation is 2. The van der Waals surface area contributed by atoms with Crippen LogP contribution in [-0.2, 0) is 0 Å². The number of aromatic amines is 1. The van der Waals surface area contributed by atoms with E-state index in [4.69, 9.17) is 0 Å². The number of pyridine rings is 1. The zero-order valence-electron chi connectivity index (χ0n) is 18.4. The molecular formula is C24H33N5S. The molecule has 6 heteroatoms. The fourth-order valence-electron chi connectivity index (χ4n) is 5.80. The van der Waals surface area contributed by atoms with E-state index in [0.29, 0.717) is 11.3 Å². The number of rotatable bonds is 3. The zero-order chi connectivity index (χ0) is 20.8. The second-order valence-corrected chi connectivity index (χ2v) is 10.8. The summed E-state index contributed by atoms with van der Waals surface area (Å²) in [5.41, 5.74) is 9.42.